The molecule has 0 aliphatic heterocycles. The summed E-state index contributed by atoms with van der Waals surface area (Å²) in [5, 5.41) is 12.5. The van der Waals surface area contributed by atoms with Crippen LogP contribution in [0, 0.1) is 5.82 Å². The first kappa shape index (κ1) is 28.2. The largest absolute Gasteiger partial charge is 0.497 e. The summed E-state index contributed by atoms with van der Waals surface area (Å²) in [5.74, 6) is 0.637. The maximum Gasteiger partial charge on any atom is 0.303 e. The van der Waals surface area contributed by atoms with Crippen LogP contribution in [0.15, 0.2) is 67.0 Å². The molecule has 0 unspecified atom stereocenters. The molecule has 0 bridgehead atoms. The van der Waals surface area contributed by atoms with Gasteiger partial charge >= 0.3 is 10.2 Å². The summed E-state index contributed by atoms with van der Waals surface area (Å²) in [7, 11) is 3.74. The van der Waals surface area contributed by atoms with Gasteiger partial charge in [-0.05, 0) is 53.4 Å². The van der Waals surface area contributed by atoms with Gasteiger partial charge in [0.15, 0.2) is 5.75 Å². The smallest absolute Gasteiger partial charge is 0.303 e. The van der Waals surface area contributed by atoms with Crippen molar-refractivity contribution in [1.29, 1.82) is 0 Å². The number of hydrogen-bond donors (Lipinski definition) is 1. The van der Waals surface area contributed by atoms with Crippen LogP contribution in [0.5, 0.6) is 17.4 Å². The Morgan fingerprint density at radius 2 is 1.63 bits per heavy atom. The SMILES string of the molecule is COc1ccc(COc2c3ncc(Cc4ccc(F)cc4)cc3c(N(C)S(=O)(=O)N(C)C)c3cn(C)c(O)c23)cc1. The third kappa shape index (κ3) is 5.25. The number of aryl methyl sites for hydroxylation is 1. The molecule has 3 aromatic carbocycles. The topological polar surface area (TPSA) is 97.1 Å². The first-order valence-electron chi connectivity index (χ1n) is 12.8. The number of nitrogens with zero attached hydrogens (tertiary/aromatic N) is 4. The first-order chi connectivity index (χ1) is 19.5. The van der Waals surface area contributed by atoms with Gasteiger partial charge in [-0.2, -0.15) is 12.7 Å². The van der Waals surface area contributed by atoms with E-state index in [1.807, 2.05) is 30.3 Å². The average Bonchev–Trinajstić information content (AvgIpc) is 3.25. The summed E-state index contributed by atoms with van der Waals surface area (Å²) in [5.41, 5.74) is 3.28. The molecule has 5 aromatic rings. The lowest BCUT2D eigenvalue weighted by Crippen LogP contribution is -2.37. The number of pyridine rings is 1. The molecule has 1 N–H and O–H groups in total. The number of fused-ring (bicyclic) bond motifs is 2. The van der Waals surface area contributed by atoms with Gasteiger partial charge in [-0.15, -0.1) is 0 Å². The van der Waals surface area contributed by atoms with E-state index in [-0.39, 0.29) is 18.3 Å². The molecule has 5 rings (SSSR count). The second-order valence-electron chi connectivity index (χ2n) is 9.97. The first-order valence-corrected chi connectivity index (χ1v) is 14.2. The second-order valence-corrected chi connectivity index (χ2v) is 12.1. The molecule has 9 nitrogen and oxygen atoms in total. The number of ether oxygens (including phenoxy) is 2. The van der Waals surface area contributed by atoms with E-state index in [9.17, 15) is 17.9 Å². The van der Waals surface area contributed by atoms with Crippen LogP contribution in [0.1, 0.15) is 16.7 Å². The Hall–Kier alpha value is -4.35. The van der Waals surface area contributed by atoms with Gasteiger partial charge in [0.05, 0.1) is 18.2 Å². The van der Waals surface area contributed by atoms with Crippen molar-refractivity contribution in [2.45, 2.75) is 13.0 Å². The third-order valence-electron chi connectivity index (χ3n) is 7.03. The standard InChI is InChI=1S/C30H31FN4O5S/c1-33(2)41(37,38)35(4)28-24-15-21(14-19-6-10-22(31)11-7-19)16-32-27(24)29(26-25(28)17-34(3)30(26)36)40-18-20-8-12-23(39-5)13-9-20/h6-13,15-17,36H,14,18H2,1-5H3. The number of methoxy groups -OCH3 is 1. The van der Waals surface area contributed by atoms with Crippen molar-refractivity contribution in [2.75, 3.05) is 32.6 Å². The highest BCUT2D eigenvalue weighted by molar-refractivity contribution is 7.90. The molecular weight excluding hydrogens is 547 g/mol. The molecular formula is C30H31FN4O5S. The van der Waals surface area contributed by atoms with Gasteiger partial charge < -0.3 is 19.1 Å². The molecule has 2 heterocycles. The number of rotatable bonds is 9. The molecule has 2 aromatic heterocycles. The number of benzene rings is 3. The van der Waals surface area contributed by atoms with Crippen molar-refractivity contribution in [2.24, 2.45) is 7.05 Å². The summed E-state index contributed by atoms with van der Waals surface area (Å²) in [4.78, 5) is 4.73. The lowest BCUT2D eigenvalue weighted by molar-refractivity contribution is 0.311. The summed E-state index contributed by atoms with van der Waals surface area (Å²) in [6.45, 7) is 0.173. The van der Waals surface area contributed by atoms with Gasteiger partial charge in [0, 0.05) is 51.4 Å². The quantitative estimate of drug-likeness (QED) is 0.265. The Morgan fingerprint density at radius 1 is 0.976 bits per heavy atom. The number of anilines is 1. The molecule has 0 aliphatic carbocycles. The highest BCUT2D eigenvalue weighted by Crippen LogP contribution is 2.47. The number of hydrogen-bond acceptors (Lipinski definition) is 6. The van der Waals surface area contributed by atoms with E-state index in [0.717, 1.165) is 21.0 Å². The van der Waals surface area contributed by atoms with Gasteiger partial charge in [0.25, 0.3) is 0 Å². The van der Waals surface area contributed by atoms with Gasteiger partial charge in [-0.1, -0.05) is 24.3 Å². The van der Waals surface area contributed by atoms with Crippen molar-refractivity contribution in [3.8, 4) is 17.4 Å². The van der Waals surface area contributed by atoms with Crippen LogP contribution in [-0.4, -0.2) is 55.6 Å². The van der Waals surface area contributed by atoms with E-state index in [4.69, 9.17) is 14.5 Å². The number of halogens is 1. The van der Waals surface area contributed by atoms with E-state index < -0.39 is 10.2 Å². The number of aromatic hydroxyl groups is 1. The molecule has 0 spiro atoms. The maximum atomic E-state index is 13.5. The Bertz CT molecular complexity index is 1840. The van der Waals surface area contributed by atoms with Crippen LogP contribution < -0.4 is 13.8 Å². The Kier molecular flexibility index (Phi) is 7.50. The predicted octanol–water partition coefficient (Wildman–Crippen LogP) is 4.99. The monoisotopic (exact) mass is 578 g/mol. The lowest BCUT2D eigenvalue weighted by Gasteiger charge is -2.26. The van der Waals surface area contributed by atoms with Crippen molar-refractivity contribution in [1.82, 2.24) is 13.9 Å². The molecule has 0 radical (unpaired) electrons. The summed E-state index contributed by atoms with van der Waals surface area (Å²) >= 11 is 0. The van der Waals surface area contributed by atoms with Crippen LogP contribution in [0.3, 0.4) is 0 Å². The van der Waals surface area contributed by atoms with Crippen LogP contribution in [0.2, 0.25) is 0 Å². The molecule has 0 atom stereocenters. The van der Waals surface area contributed by atoms with E-state index in [1.165, 1.54) is 42.1 Å². The van der Waals surface area contributed by atoms with Crippen molar-refractivity contribution >= 4 is 37.6 Å². The zero-order valence-corrected chi connectivity index (χ0v) is 24.2. The third-order valence-corrected chi connectivity index (χ3v) is 8.83. The number of aromatic nitrogens is 2. The molecule has 41 heavy (non-hydrogen) atoms. The average molecular weight is 579 g/mol. The molecule has 0 amide bonds. The minimum absolute atomic E-state index is 0.0827. The molecule has 0 saturated heterocycles. The molecule has 0 saturated carbocycles. The fraction of sp³-hybridized carbons (Fsp3) is 0.233. The zero-order chi connectivity index (χ0) is 29.5. The molecule has 0 fully saturated rings. The fourth-order valence-electron chi connectivity index (χ4n) is 4.80. The summed E-state index contributed by atoms with van der Waals surface area (Å²) in [6.07, 6.45) is 3.81. The molecule has 214 valence electrons. The Morgan fingerprint density at radius 3 is 2.27 bits per heavy atom. The predicted molar refractivity (Wildman–Crippen MR) is 157 cm³/mol. The van der Waals surface area contributed by atoms with E-state index >= 15 is 0 Å². The van der Waals surface area contributed by atoms with Gasteiger partial charge in [-0.3, -0.25) is 9.29 Å². The highest BCUT2D eigenvalue weighted by atomic mass is 32.2. The lowest BCUT2D eigenvalue weighted by atomic mass is 10.0. The van der Waals surface area contributed by atoms with Crippen LogP contribution in [-0.2, 0) is 30.3 Å². The van der Waals surface area contributed by atoms with E-state index in [1.54, 1.807) is 38.7 Å². The minimum Gasteiger partial charge on any atom is -0.497 e. The maximum absolute atomic E-state index is 13.5. The highest BCUT2D eigenvalue weighted by Gasteiger charge is 2.29. The summed E-state index contributed by atoms with van der Waals surface area (Å²) < 4.78 is 55.6. The van der Waals surface area contributed by atoms with Gasteiger partial charge in [-0.25, -0.2) is 4.39 Å². The van der Waals surface area contributed by atoms with E-state index in [0.29, 0.717) is 45.3 Å². The molecule has 0 aliphatic rings. The van der Waals surface area contributed by atoms with Crippen molar-refractivity contribution in [3.63, 3.8) is 0 Å². The van der Waals surface area contributed by atoms with Gasteiger partial charge in [0.1, 0.15) is 23.7 Å². The van der Waals surface area contributed by atoms with Crippen LogP contribution in [0.25, 0.3) is 21.7 Å². The van der Waals surface area contributed by atoms with Crippen LogP contribution >= 0.6 is 0 Å². The molecule has 11 heteroatoms. The van der Waals surface area contributed by atoms with Crippen molar-refractivity contribution < 1.29 is 27.4 Å². The Balaban J connectivity index is 1.73. The normalized spacial score (nSPS) is 11.9. The Labute approximate surface area is 238 Å². The second kappa shape index (κ2) is 10.9. The fourth-order valence-corrected chi connectivity index (χ4v) is 5.72. The summed E-state index contributed by atoms with van der Waals surface area (Å²) in [6, 6.07) is 15.5. The van der Waals surface area contributed by atoms with Gasteiger partial charge in [0.2, 0.25) is 5.88 Å². The van der Waals surface area contributed by atoms with E-state index in [2.05, 4.69) is 0 Å². The van der Waals surface area contributed by atoms with Crippen LogP contribution in [0.4, 0.5) is 10.1 Å². The van der Waals surface area contributed by atoms with Crippen molar-refractivity contribution in [3.05, 3.63) is 89.5 Å². The minimum atomic E-state index is -3.91. The zero-order valence-electron chi connectivity index (χ0n) is 23.4.